The Kier molecular flexibility index (Phi) is 3.26. The van der Waals surface area contributed by atoms with Crippen molar-refractivity contribution in [3.05, 3.63) is 65.4 Å². The largest absolute Gasteiger partial charge is 0.339 e. The van der Waals surface area contributed by atoms with E-state index in [0.29, 0.717) is 0 Å². The number of aryl methyl sites for hydroxylation is 1. The molecular formula is C19H13ClN4S. The van der Waals surface area contributed by atoms with Crippen molar-refractivity contribution in [3.8, 4) is 0 Å². The number of benzene rings is 2. The molecule has 6 heteroatoms. The van der Waals surface area contributed by atoms with Gasteiger partial charge in [-0.25, -0.2) is 4.98 Å². The minimum Gasteiger partial charge on any atom is -0.339 e. The highest BCUT2D eigenvalue weighted by Crippen LogP contribution is 2.35. The highest BCUT2D eigenvalue weighted by atomic mass is 35.5. The summed E-state index contributed by atoms with van der Waals surface area (Å²) in [5.41, 5.74) is 3.87. The number of halogens is 1. The molecule has 0 spiro atoms. The first-order valence-electron chi connectivity index (χ1n) is 7.89. The van der Waals surface area contributed by atoms with Crippen LogP contribution in [0.1, 0.15) is 5.69 Å². The fourth-order valence-corrected chi connectivity index (χ4v) is 4.14. The minimum atomic E-state index is 0.735. The maximum absolute atomic E-state index is 5.98. The van der Waals surface area contributed by atoms with E-state index in [1.807, 2.05) is 54.0 Å². The molecule has 0 atom stereocenters. The van der Waals surface area contributed by atoms with E-state index in [0.717, 1.165) is 48.1 Å². The number of rotatable bonds is 2. The van der Waals surface area contributed by atoms with Crippen LogP contribution in [0.3, 0.4) is 0 Å². The summed E-state index contributed by atoms with van der Waals surface area (Å²) >= 11 is 7.64. The minimum absolute atomic E-state index is 0.735. The van der Waals surface area contributed by atoms with Crippen LogP contribution in [0.4, 0.5) is 0 Å². The summed E-state index contributed by atoms with van der Waals surface area (Å²) in [5, 5.41) is 7.70. The molecule has 25 heavy (non-hydrogen) atoms. The number of H-pyrrole nitrogens is 1. The fraction of sp³-hybridized carbons (Fsp3) is 0.0526. The Hall–Kier alpha value is -2.50. The molecule has 4 nitrogen and oxygen atoms in total. The lowest BCUT2D eigenvalue weighted by Gasteiger charge is -2.01. The predicted molar refractivity (Wildman–Crippen MR) is 103 cm³/mol. The Morgan fingerprint density at radius 3 is 2.68 bits per heavy atom. The molecule has 122 valence electrons. The van der Waals surface area contributed by atoms with Crippen LogP contribution in [-0.4, -0.2) is 19.6 Å². The quantitative estimate of drug-likeness (QED) is 0.451. The van der Waals surface area contributed by atoms with Gasteiger partial charge in [-0.1, -0.05) is 41.6 Å². The van der Waals surface area contributed by atoms with Crippen molar-refractivity contribution in [3.63, 3.8) is 0 Å². The fourth-order valence-electron chi connectivity index (χ4n) is 3.08. The maximum atomic E-state index is 5.98. The van der Waals surface area contributed by atoms with E-state index < -0.39 is 0 Å². The summed E-state index contributed by atoms with van der Waals surface area (Å²) in [6, 6.07) is 16.0. The van der Waals surface area contributed by atoms with E-state index in [-0.39, 0.29) is 0 Å². The topological polar surface area (TPSA) is 46.0 Å². The molecule has 0 amide bonds. The van der Waals surface area contributed by atoms with Crippen molar-refractivity contribution in [2.75, 3.05) is 0 Å². The number of para-hydroxylation sites is 1. The molecule has 0 unspecified atom stereocenters. The maximum Gasteiger partial charge on any atom is 0.171 e. The number of aromatic amines is 1. The van der Waals surface area contributed by atoms with Gasteiger partial charge in [-0.2, -0.15) is 9.61 Å². The molecule has 5 rings (SSSR count). The first kappa shape index (κ1) is 14.8. The molecule has 2 aromatic carbocycles. The Labute approximate surface area is 152 Å². The zero-order valence-corrected chi connectivity index (χ0v) is 14.9. The molecule has 5 aromatic rings. The van der Waals surface area contributed by atoms with Crippen LogP contribution in [0, 0.1) is 6.92 Å². The van der Waals surface area contributed by atoms with Gasteiger partial charge in [-0.3, -0.25) is 0 Å². The molecule has 3 heterocycles. The third-order valence-corrected chi connectivity index (χ3v) is 5.71. The molecule has 0 aliphatic heterocycles. The molecule has 0 radical (unpaired) electrons. The van der Waals surface area contributed by atoms with Crippen LogP contribution < -0.4 is 0 Å². The Bertz CT molecular complexity index is 1240. The van der Waals surface area contributed by atoms with Gasteiger partial charge in [-0.15, -0.1) is 0 Å². The molecule has 0 aliphatic carbocycles. The SMILES string of the molecule is Cc1nn2c(ncc3c4ccccc4[nH]c32)c1Sc1ccc(Cl)cc1. The van der Waals surface area contributed by atoms with Gasteiger partial charge in [0.2, 0.25) is 0 Å². The van der Waals surface area contributed by atoms with Crippen molar-refractivity contribution >= 4 is 50.9 Å². The van der Waals surface area contributed by atoms with Crippen molar-refractivity contribution < 1.29 is 0 Å². The standard InChI is InChI=1S/C19H13ClN4S/c1-11-17(25-13-8-6-12(20)7-9-13)19-21-10-15-14-4-2-3-5-16(14)22-18(15)24(19)23-11/h2-10,22H,1H3. The summed E-state index contributed by atoms with van der Waals surface area (Å²) in [4.78, 5) is 10.3. The zero-order valence-electron chi connectivity index (χ0n) is 13.3. The Morgan fingerprint density at radius 2 is 1.84 bits per heavy atom. The lowest BCUT2D eigenvalue weighted by atomic mass is 10.2. The van der Waals surface area contributed by atoms with Gasteiger partial charge in [-0.05, 0) is 37.3 Å². The summed E-state index contributed by atoms with van der Waals surface area (Å²) in [7, 11) is 0. The van der Waals surface area contributed by atoms with E-state index in [1.165, 1.54) is 0 Å². The number of nitrogens with one attached hydrogen (secondary N) is 1. The lowest BCUT2D eigenvalue weighted by Crippen LogP contribution is -1.92. The molecule has 0 saturated heterocycles. The molecular weight excluding hydrogens is 352 g/mol. The number of aromatic nitrogens is 4. The predicted octanol–water partition coefficient (Wildman–Crippen LogP) is 5.48. The number of nitrogens with zero attached hydrogens (tertiary/aromatic N) is 3. The number of hydrogen-bond acceptors (Lipinski definition) is 3. The second-order valence-corrected chi connectivity index (χ2v) is 7.42. The second-order valence-electron chi connectivity index (χ2n) is 5.90. The van der Waals surface area contributed by atoms with Crippen molar-refractivity contribution in [2.45, 2.75) is 16.7 Å². The molecule has 1 N–H and O–H groups in total. The van der Waals surface area contributed by atoms with E-state index in [1.54, 1.807) is 11.8 Å². The highest BCUT2D eigenvalue weighted by Gasteiger charge is 2.16. The first-order valence-corrected chi connectivity index (χ1v) is 9.08. The first-order chi connectivity index (χ1) is 12.2. The Balaban J connectivity index is 1.73. The highest BCUT2D eigenvalue weighted by molar-refractivity contribution is 7.99. The molecule has 0 aliphatic rings. The summed E-state index contributed by atoms with van der Waals surface area (Å²) in [5.74, 6) is 0. The monoisotopic (exact) mass is 364 g/mol. The summed E-state index contributed by atoms with van der Waals surface area (Å²) in [6.07, 6.45) is 1.93. The molecule has 0 fully saturated rings. The third-order valence-electron chi connectivity index (χ3n) is 4.27. The Morgan fingerprint density at radius 1 is 1.04 bits per heavy atom. The van der Waals surface area contributed by atoms with Gasteiger partial charge in [0.25, 0.3) is 0 Å². The van der Waals surface area contributed by atoms with Crippen molar-refractivity contribution in [2.24, 2.45) is 0 Å². The van der Waals surface area contributed by atoms with Gasteiger partial charge in [0.15, 0.2) is 5.65 Å². The van der Waals surface area contributed by atoms with E-state index in [9.17, 15) is 0 Å². The second kappa shape index (κ2) is 5.51. The number of hydrogen-bond donors (Lipinski definition) is 1. The van der Waals surface area contributed by atoms with E-state index >= 15 is 0 Å². The van der Waals surface area contributed by atoms with Gasteiger partial charge in [0.1, 0.15) is 5.65 Å². The molecule has 0 saturated carbocycles. The van der Waals surface area contributed by atoms with Crippen LogP contribution in [-0.2, 0) is 0 Å². The summed E-state index contributed by atoms with van der Waals surface area (Å²) < 4.78 is 1.91. The lowest BCUT2D eigenvalue weighted by molar-refractivity contribution is 0.944. The van der Waals surface area contributed by atoms with E-state index in [2.05, 4.69) is 17.1 Å². The van der Waals surface area contributed by atoms with Crippen molar-refractivity contribution in [1.82, 2.24) is 19.6 Å². The smallest absolute Gasteiger partial charge is 0.171 e. The van der Waals surface area contributed by atoms with Gasteiger partial charge in [0.05, 0.1) is 10.6 Å². The average molecular weight is 365 g/mol. The number of fused-ring (bicyclic) bond motifs is 5. The van der Waals surface area contributed by atoms with Crippen LogP contribution in [0.25, 0.3) is 27.6 Å². The van der Waals surface area contributed by atoms with Crippen LogP contribution in [0.15, 0.2) is 64.5 Å². The summed E-state index contributed by atoms with van der Waals surface area (Å²) in [6.45, 7) is 2.02. The zero-order chi connectivity index (χ0) is 17.0. The van der Waals surface area contributed by atoms with Crippen LogP contribution in [0.5, 0.6) is 0 Å². The van der Waals surface area contributed by atoms with Crippen molar-refractivity contribution in [1.29, 1.82) is 0 Å². The third kappa shape index (κ3) is 2.31. The normalized spacial score (nSPS) is 11.8. The van der Waals surface area contributed by atoms with Gasteiger partial charge in [0, 0.05) is 32.4 Å². The molecule has 0 bridgehead atoms. The average Bonchev–Trinajstić information content (AvgIpc) is 3.15. The van der Waals surface area contributed by atoms with Gasteiger partial charge >= 0.3 is 0 Å². The molecule has 3 aromatic heterocycles. The van der Waals surface area contributed by atoms with Crippen LogP contribution >= 0.6 is 23.4 Å². The van der Waals surface area contributed by atoms with Crippen LogP contribution in [0.2, 0.25) is 5.02 Å². The van der Waals surface area contributed by atoms with E-state index in [4.69, 9.17) is 21.7 Å². The van der Waals surface area contributed by atoms with Gasteiger partial charge < -0.3 is 4.98 Å².